The molecule has 128 valence electrons. The van der Waals surface area contributed by atoms with Crippen molar-refractivity contribution < 1.29 is 17.9 Å². The Kier molecular flexibility index (Phi) is 4.61. The quantitative estimate of drug-likeness (QED) is 0.921. The number of nitriles is 1. The smallest absolute Gasteiger partial charge is 0.422 e. The first-order chi connectivity index (χ1) is 12.0. The molecule has 7 heteroatoms. The van der Waals surface area contributed by atoms with E-state index in [1.807, 2.05) is 12.1 Å². The van der Waals surface area contributed by atoms with Gasteiger partial charge in [0.2, 0.25) is 0 Å². The number of halogens is 3. The summed E-state index contributed by atoms with van der Waals surface area (Å²) in [6.45, 7) is -0.698. The molecule has 2 aromatic rings. The zero-order valence-electron chi connectivity index (χ0n) is 13.0. The van der Waals surface area contributed by atoms with E-state index in [2.05, 4.69) is 16.6 Å². The lowest BCUT2D eigenvalue weighted by atomic mass is 9.90. The van der Waals surface area contributed by atoms with Gasteiger partial charge in [-0.15, -0.1) is 0 Å². The fourth-order valence-electron chi connectivity index (χ4n) is 2.62. The lowest BCUT2D eigenvalue weighted by molar-refractivity contribution is -0.153. The SMILES string of the molecule is N#Cc1ccc(C2CNN=C2c2ccc(OCC(F)(F)F)cc2)cc1. The topological polar surface area (TPSA) is 57.4 Å². The zero-order valence-corrected chi connectivity index (χ0v) is 13.0. The lowest BCUT2D eigenvalue weighted by Crippen LogP contribution is -2.19. The van der Waals surface area contributed by atoms with E-state index < -0.39 is 12.8 Å². The molecule has 0 saturated heterocycles. The number of hydrogen-bond donors (Lipinski definition) is 1. The van der Waals surface area contributed by atoms with Gasteiger partial charge in [0.05, 0.1) is 17.3 Å². The number of hydrazone groups is 1. The summed E-state index contributed by atoms with van der Waals surface area (Å²) in [6.07, 6.45) is -4.36. The van der Waals surface area contributed by atoms with Crippen LogP contribution in [0.2, 0.25) is 0 Å². The Morgan fingerprint density at radius 2 is 1.80 bits per heavy atom. The molecule has 1 unspecified atom stereocenters. The predicted octanol–water partition coefficient (Wildman–Crippen LogP) is 3.59. The van der Waals surface area contributed by atoms with Crippen molar-refractivity contribution in [3.05, 3.63) is 65.2 Å². The summed E-state index contributed by atoms with van der Waals surface area (Å²) in [5.41, 5.74) is 6.15. The number of nitrogens with zero attached hydrogens (tertiary/aromatic N) is 2. The van der Waals surface area contributed by atoms with Gasteiger partial charge < -0.3 is 10.2 Å². The van der Waals surface area contributed by atoms with Gasteiger partial charge in [-0.2, -0.15) is 23.5 Å². The van der Waals surface area contributed by atoms with Gasteiger partial charge in [0.1, 0.15) is 5.75 Å². The molecule has 25 heavy (non-hydrogen) atoms. The first-order valence-corrected chi connectivity index (χ1v) is 7.57. The molecular weight excluding hydrogens is 331 g/mol. The van der Waals surface area contributed by atoms with E-state index in [1.165, 1.54) is 12.1 Å². The van der Waals surface area contributed by atoms with Crippen molar-refractivity contribution >= 4 is 5.71 Å². The normalized spacial score (nSPS) is 16.7. The van der Waals surface area contributed by atoms with Gasteiger partial charge in [-0.25, -0.2) is 0 Å². The van der Waals surface area contributed by atoms with Crippen molar-refractivity contribution in [1.82, 2.24) is 5.43 Å². The van der Waals surface area contributed by atoms with Crippen LogP contribution in [0.25, 0.3) is 0 Å². The second-order valence-corrected chi connectivity index (χ2v) is 5.57. The Bertz CT molecular complexity index is 805. The zero-order chi connectivity index (χ0) is 17.9. The summed E-state index contributed by atoms with van der Waals surface area (Å²) >= 11 is 0. The molecule has 0 saturated carbocycles. The Morgan fingerprint density at radius 1 is 1.12 bits per heavy atom. The highest BCUT2D eigenvalue weighted by atomic mass is 19.4. The van der Waals surface area contributed by atoms with Crippen molar-refractivity contribution in [3.8, 4) is 11.8 Å². The van der Waals surface area contributed by atoms with Crippen molar-refractivity contribution in [2.45, 2.75) is 12.1 Å². The maximum Gasteiger partial charge on any atom is 0.422 e. The number of hydrogen-bond acceptors (Lipinski definition) is 4. The summed E-state index contributed by atoms with van der Waals surface area (Å²) in [5.74, 6) is 0.164. The van der Waals surface area contributed by atoms with Crippen LogP contribution in [0.4, 0.5) is 13.2 Å². The molecule has 1 N–H and O–H groups in total. The number of rotatable bonds is 4. The van der Waals surface area contributed by atoms with Crippen LogP contribution in [-0.4, -0.2) is 25.0 Å². The average Bonchev–Trinajstić information content (AvgIpc) is 3.09. The van der Waals surface area contributed by atoms with Gasteiger partial charge in [0.15, 0.2) is 6.61 Å². The van der Waals surface area contributed by atoms with E-state index >= 15 is 0 Å². The maximum absolute atomic E-state index is 12.2. The molecule has 1 heterocycles. The van der Waals surface area contributed by atoms with Gasteiger partial charge >= 0.3 is 6.18 Å². The van der Waals surface area contributed by atoms with E-state index in [0.717, 1.165) is 16.8 Å². The third kappa shape index (κ3) is 4.10. The van der Waals surface area contributed by atoms with Crippen LogP contribution in [-0.2, 0) is 0 Å². The molecule has 3 rings (SSSR count). The van der Waals surface area contributed by atoms with Crippen molar-refractivity contribution in [2.24, 2.45) is 5.10 Å². The number of ether oxygens (including phenoxy) is 1. The minimum absolute atomic E-state index is 0.00897. The average molecular weight is 345 g/mol. The Labute approximate surface area is 142 Å². The molecule has 1 aliphatic heterocycles. The second kappa shape index (κ2) is 6.85. The Morgan fingerprint density at radius 3 is 2.40 bits per heavy atom. The van der Waals surface area contributed by atoms with Crippen LogP contribution in [0.1, 0.15) is 22.6 Å². The van der Waals surface area contributed by atoms with Gasteiger partial charge in [0.25, 0.3) is 0 Å². The van der Waals surface area contributed by atoms with Crippen LogP contribution in [0.15, 0.2) is 53.6 Å². The van der Waals surface area contributed by atoms with Gasteiger partial charge in [-0.05, 0) is 47.5 Å². The molecule has 2 aromatic carbocycles. The molecule has 1 atom stereocenters. The molecule has 0 aliphatic carbocycles. The van der Waals surface area contributed by atoms with Gasteiger partial charge in [-0.1, -0.05) is 12.1 Å². The molecule has 0 radical (unpaired) electrons. The van der Waals surface area contributed by atoms with E-state index in [1.54, 1.807) is 24.3 Å². The van der Waals surface area contributed by atoms with Crippen molar-refractivity contribution in [3.63, 3.8) is 0 Å². The molecule has 0 bridgehead atoms. The summed E-state index contributed by atoms with van der Waals surface area (Å²) in [5, 5.41) is 13.2. The maximum atomic E-state index is 12.2. The van der Waals surface area contributed by atoms with Crippen LogP contribution < -0.4 is 10.2 Å². The molecule has 0 fully saturated rings. The third-order valence-electron chi connectivity index (χ3n) is 3.82. The highest BCUT2D eigenvalue weighted by molar-refractivity contribution is 6.06. The molecule has 0 aromatic heterocycles. The molecule has 0 spiro atoms. The minimum Gasteiger partial charge on any atom is -0.484 e. The van der Waals surface area contributed by atoms with Crippen molar-refractivity contribution in [2.75, 3.05) is 13.2 Å². The van der Waals surface area contributed by atoms with Gasteiger partial charge in [-0.3, -0.25) is 0 Å². The minimum atomic E-state index is -4.36. The standard InChI is InChI=1S/C18H14F3N3O/c19-18(20,21)11-25-15-7-5-14(6-8-15)17-16(10-23-24-17)13-3-1-12(9-22)2-4-13/h1-8,16,23H,10-11H2. The summed E-state index contributed by atoms with van der Waals surface area (Å²) < 4.78 is 41.3. The van der Waals surface area contributed by atoms with E-state index in [4.69, 9.17) is 10.00 Å². The largest absolute Gasteiger partial charge is 0.484 e. The number of nitrogens with one attached hydrogen (secondary N) is 1. The Hall–Kier alpha value is -3.01. The van der Waals surface area contributed by atoms with Crippen LogP contribution >= 0.6 is 0 Å². The van der Waals surface area contributed by atoms with Crippen LogP contribution in [0.5, 0.6) is 5.75 Å². The molecule has 1 aliphatic rings. The molecule has 0 amide bonds. The summed E-state index contributed by atoms with van der Waals surface area (Å²) in [6, 6.07) is 15.7. The first-order valence-electron chi connectivity index (χ1n) is 7.57. The lowest BCUT2D eigenvalue weighted by Gasteiger charge is -2.13. The Balaban J connectivity index is 1.75. The third-order valence-corrected chi connectivity index (χ3v) is 3.82. The highest BCUT2D eigenvalue weighted by Gasteiger charge is 2.28. The number of benzene rings is 2. The van der Waals surface area contributed by atoms with Gasteiger partial charge in [0, 0.05) is 12.5 Å². The van der Waals surface area contributed by atoms with E-state index in [9.17, 15) is 13.2 Å². The van der Waals surface area contributed by atoms with E-state index in [-0.39, 0.29) is 11.7 Å². The predicted molar refractivity (Wildman–Crippen MR) is 86.4 cm³/mol. The van der Waals surface area contributed by atoms with Crippen LogP contribution in [0, 0.1) is 11.3 Å². The summed E-state index contributed by atoms with van der Waals surface area (Å²) in [4.78, 5) is 0. The summed E-state index contributed by atoms with van der Waals surface area (Å²) in [7, 11) is 0. The highest BCUT2D eigenvalue weighted by Crippen LogP contribution is 2.26. The number of alkyl halides is 3. The molecule has 4 nitrogen and oxygen atoms in total. The second-order valence-electron chi connectivity index (χ2n) is 5.57. The first kappa shape index (κ1) is 16.8. The van der Waals surface area contributed by atoms with Crippen LogP contribution in [0.3, 0.4) is 0 Å². The fraction of sp³-hybridized carbons (Fsp3) is 0.222. The monoisotopic (exact) mass is 345 g/mol. The van der Waals surface area contributed by atoms with E-state index in [0.29, 0.717) is 12.1 Å². The molecular formula is C18H14F3N3O. The van der Waals surface area contributed by atoms with Crippen molar-refractivity contribution in [1.29, 1.82) is 5.26 Å². The fourth-order valence-corrected chi connectivity index (χ4v) is 2.62.